The molecule has 0 heterocycles. The standard InChI is InChI=1S/C23H34OSi/c1-17-15-19(22(2,3)4)21(20(16-17)23(5,6)7)24-25(8,9)18-13-11-10-12-14-18/h10-16H,1-9H3. The zero-order chi connectivity index (χ0) is 19.0. The largest absolute Gasteiger partial charge is 0.539 e. The smallest absolute Gasteiger partial charge is 0.276 e. The van der Waals surface area contributed by atoms with E-state index in [0.717, 1.165) is 5.75 Å². The fourth-order valence-electron chi connectivity index (χ4n) is 3.15. The minimum atomic E-state index is -2.06. The molecule has 0 radical (unpaired) electrons. The fraction of sp³-hybridized carbons (Fsp3) is 0.478. The van der Waals surface area contributed by atoms with Crippen LogP contribution < -0.4 is 9.61 Å². The number of aryl methyl sites for hydroxylation is 1. The molecule has 2 rings (SSSR count). The Hall–Kier alpha value is -1.54. The van der Waals surface area contributed by atoms with Crippen molar-refractivity contribution in [2.24, 2.45) is 0 Å². The molecule has 0 unspecified atom stereocenters. The van der Waals surface area contributed by atoms with Gasteiger partial charge in [0.15, 0.2) is 0 Å². The van der Waals surface area contributed by atoms with E-state index in [4.69, 9.17) is 4.43 Å². The highest BCUT2D eigenvalue weighted by Gasteiger charge is 2.33. The second-order valence-electron chi connectivity index (χ2n) is 9.67. The van der Waals surface area contributed by atoms with Crippen molar-refractivity contribution in [2.45, 2.75) is 72.4 Å². The molecule has 0 aliphatic rings. The summed E-state index contributed by atoms with van der Waals surface area (Å²) in [6, 6.07) is 15.3. The first-order valence-electron chi connectivity index (χ1n) is 9.22. The summed E-state index contributed by atoms with van der Waals surface area (Å²) in [6.07, 6.45) is 0. The SMILES string of the molecule is Cc1cc(C(C)(C)C)c(O[Si](C)(C)c2ccccc2)c(C(C)(C)C)c1. The van der Waals surface area contributed by atoms with Gasteiger partial charge in [0.1, 0.15) is 5.75 Å². The van der Waals surface area contributed by atoms with E-state index in [1.807, 2.05) is 0 Å². The molecule has 0 amide bonds. The lowest BCUT2D eigenvalue weighted by Crippen LogP contribution is -2.48. The van der Waals surface area contributed by atoms with E-state index in [1.165, 1.54) is 21.9 Å². The Balaban J connectivity index is 2.66. The molecule has 1 nitrogen and oxygen atoms in total. The maximum atomic E-state index is 6.90. The highest BCUT2D eigenvalue weighted by atomic mass is 28.4. The highest BCUT2D eigenvalue weighted by Crippen LogP contribution is 2.41. The average molecular weight is 355 g/mol. The summed E-state index contributed by atoms with van der Waals surface area (Å²) in [5, 5.41) is 1.33. The summed E-state index contributed by atoms with van der Waals surface area (Å²) >= 11 is 0. The van der Waals surface area contributed by atoms with Crippen LogP contribution in [0.2, 0.25) is 13.1 Å². The van der Waals surface area contributed by atoms with Gasteiger partial charge in [0, 0.05) is 0 Å². The summed E-state index contributed by atoms with van der Waals surface area (Å²) in [6.45, 7) is 20.4. The van der Waals surface area contributed by atoms with E-state index < -0.39 is 8.32 Å². The van der Waals surface area contributed by atoms with E-state index in [-0.39, 0.29) is 10.8 Å². The lowest BCUT2D eigenvalue weighted by atomic mass is 9.78. The van der Waals surface area contributed by atoms with Crippen molar-refractivity contribution in [1.29, 1.82) is 0 Å². The summed E-state index contributed by atoms with van der Waals surface area (Å²) in [5.41, 5.74) is 4.02. The van der Waals surface area contributed by atoms with Gasteiger partial charge >= 0.3 is 0 Å². The Morgan fingerprint density at radius 2 is 1.20 bits per heavy atom. The summed E-state index contributed by atoms with van der Waals surface area (Å²) in [7, 11) is -2.06. The molecule has 0 aliphatic heterocycles. The Labute approximate surface area is 155 Å². The van der Waals surface area contributed by atoms with Crippen molar-refractivity contribution in [3.63, 3.8) is 0 Å². The van der Waals surface area contributed by atoms with Crippen molar-refractivity contribution in [2.75, 3.05) is 0 Å². The Morgan fingerprint density at radius 3 is 1.60 bits per heavy atom. The topological polar surface area (TPSA) is 9.23 Å². The van der Waals surface area contributed by atoms with Crippen LogP contribution in [0, 0.1) is 6.92 Å². The van der Waals surface area contributed by atoms with E-state index in [2.05, 4.69) is 104 Å². The lowest BCUT2D eigenvalue weighted by Gasteiger charge is -2.35. The molecule has 0 saturated carbocycles. The van der Waals surface area contributed by atoms with Crippen molar-refractivity contribution in [3.8, 4) is 5.75 Å². The predicted molar refractivity (Wildman–Crippen MR) is 113 cm³/mol. The molecule has 0 saturated heterocycles. The second kappa shape index (κ2) is 6.64. The van der Waals surface area contributed by atoms with Crippen LogP contribution in [0.5, 0.6) is 5.75 Å². The predicted octanol–water partition coefficient (Wildman–Crippen LogP) is 6.08. The maximum Gasteiger partial charge on any atom is 0.276 e. The minimum Gasteiger partial charge on any atom is -0.539 e. The van der Waals surface area contributed by atoms with Crippen LogP contribution in [0.3, 0.4) is 0 Å². The molecule has 2 aromatic carbocycles. The zero-order valence-corrected chi connectivity index (χ0v) is 18.4. The molecule has 0 N–H and O–H groups in total. The van der Waals surface area contributed by atoms with Crippen LogP contribution in [-0.2, 0) is 10.8 Å². The Bertz CT molecular complexity index is 696. The lowest BCUT2D eigenvalue weighted by molar-refractivity contribution is 0.480. The third-order valence-electron chi connectivity index (χ3n) is 4.68. The van der Waals surface area contributed by atoms with E-state index in [1.54, 1.807) is 0 Å². The van der Waals surface area contributed by atoms with E-state index in [9.17, 15) is 0 Å². The Kier molecular flexibility index (Phi) is 5.25. The molecule has 0 fully saturated rings. The monoisotopic (exact) mass is 354 g/mol. The first-order chi connectivity index (χ1) is 11.3. The zero-order valence-electron chi connectivity index (χ0n) is 17.4. The van der Waals surface area contributed by atoms with Gasteiger partial charge in [0.25, 0.3) is 8.32 Å². The summed E-state index contributed by atoms with van der Waals surface area (Å²) in [5.74, 6) is 1.10. The molecule has 0 bridgehead atoms. The molecule has 0 aliphatic carbocycles. The van der Waals surface area contributed by atoms with Gasteiger partial charge in [-0.3, -0.25) is 0 Å². The van der Waals surface area contributed by atoms with Crippen LogP contribution in [0.4, 0.5) is 0 Å². The van der Waals surface area contributed by atoms with Gasteiger partial charge in [-0.05, 0) is 47.2 Å². The molecule has 136 valence electrons. The van der Waals surface area contributed by atoms with Crippen LogP contribution >= 0.6 is 0 Å². The molecule has 25 heavy (non-hydrogen) atoms. The number of hydrogen-bond acceptors (Lipinski definition) is 1. The third-order valence-corrected chi connectivity index (χ3v) is 7.11. The van der Waals surface area contributed by atoms with Gasteiger partial charge in [-0.25, -0.2) is 0 Å². The van der Waals surface area contributed by atoms with Crippen molar-refractivity contribution in [3.05, 3.63) is 59.2 Å². The van der Waals surface area contributed by atoms with Gasteiger partial charge in [-0.1, -0.05) is 89.6 Å². The Morgan fingerprint density at radius 1 is 0.760 bits per heavy atom. The van der Waals surface area contributed by atoms with Gasteiger partial charge in [-0.15, -0.1) is 0 Å². The van der Waals surface area contributed by atoms with Crippen molar-refractivity contribution in [1.82, 2.24) is 0 Å². The van der Waals surface area contributed by atoms with E-state index in [0.29, 0.717) is 0 Å². The maximum absolute atomic E-state index is 6.90. The van der Waals surface area contributed by atoms with Crippen LogP contribution in [0.15, 0.2) is 42.5 Å². The van der Waals surface area contributed by atoms with Crippen LogP contribution in [-0.4, -0.2) is 8.32 Å². The van der Waals surface area contributed by atoms with Gasteiger partial charge in [0.05, 0.1) is 0 Å². The normalized spacial score (nSPS) is 13.0. The second-order valence-corrected chi connectivity index (χ2v) is 13.5. The third kappa shape index (κ3) is 4.55. The average Bonchev–Trinajstić information content (AvgIpc) is 2.47. The van der Waals surface area contributed by atoms with Crippen LogP contribution in [0.25, 0.3) is 0 Å². The quantitative estimate of drug-likeness (QED) is 0.607. The van der Waals surface area contributed by atoms with Gasteiger partial charge in [-0.2, -0.15) is 0 Å². The molecular weight excluding hydrogens is 320 g/mol. The molecule has 0 spiro atoms. The molecule has 2 heteroatoms. The first-order valence-corrected chi connectivity index (χ1v) is 12.1. The number of benzene rings is 2. The van der Waals surface area contributed by atoms with Crippen molar-refractivity contribution >= 4 is 13.5 Å². The van der Waals surface area contributed by atoms with Crippen LogP contribution in [0.1, 0.15) is 58.2 Å². The minimum absolute atomic E-state index is 0.0442. The number of rotatable bonds is 3. The molecule has 2 aromatic rings. The highest BCUT2D eigenvalue weighted by molar-refractivity contribution is 6.85. The molecule has 0 aromatic heterocycles. The molecule has 0 atom stereocenters. The van der Waals surface area contributed by atoms with Gasteiger partial charge < -0.3 is 4.43 Å². The number of hydrogen-bond donors (Lipinski definition) is 0. The van der Waals surface area contributed by atoms with E-state index >= 15 is 0 Å². The molecular formula is C23H34OSi. The summed E-state index contributed by atoms with van der Waals surface area (Å²) < 4.78 is 6.90. The van der Waals surface area contributed by atoms with Crippen molar-refractivity contribution < 1.29 is 4.43 Å². The first kappa shape index (κ1) is 19.8. The fourth-order valence-corrected chi connectivity index (χ4v) is 4.99. The van der Waals surface area contributed by atoms with Gasteiger partial charge in [0.2, 0.25) is 0 Å². The summed E-state index contributed by atoms with van der Waals surface area (Å²) in [4.78, 5) is 0.